The maximum Gasteiger partial charge on any atom is 0.241 e. The number of carbonyl (C=O) groups excluding carboxylic acids is 1. The van der Waals surface area contributed by atoms with Gasteiger partial charge in [0.05, 0.1) is 24.5 Å². The summed E-state index contributed by atoms with van der Waals surface area (Å²) in [5, 5.41) is 11.1. The number of aromatic nitrogens is 4. The molecule has 3 heterocycles. The molecule has 1 fully saturated rings. The molecule has 1 aliphatic rings. The number of aryl methyl sites for hydroxylation is 1. The van der Waals surface area contributed by atoms with Gasteiger partial charge >= 0.3 is 0 Å². The number of amides is 1. The molecule has 1 saturated heterocycles. The van der Waals surface area contributed by atoms with E-state index in [1.54, 1.807) is 24.7 Å². The Labute approximate surface area is 169 Å². The van der Waals surface area contributed by atoms with Crippen LogP contribution in [-0.4, -0.2) is 43.1 Å². The van der Waals surface area contributed by atoms with Crippen molar-refractivity contribution in [3.05, 3.63) is 60.8 Å². The van der Waals surface area contributed by atoms with Crippen molar-refractivity contribution in [2.24, 2.45) is 7.05 Å². The van der Waals surface area contributed by atoms with Crippen molar-refractivity contribution in [2.75, 3.05) is 11.9 Å². The van der Waals surface area contributed by atoms with Gasteiger partial charge in [-0.05, 0) is 37.6 Å². The molecule has 2 aromatic heterocycles. The Morgan fingerprint density at radius 3 is 2.79 bits per heavy atom. The molecule has 4 rings (SSSR count). The van der Waals surface area contributed by atoms with E-state index in [1.807, 2.05) is 41.9 Å². The maximum atomic E-state index is 12.9. The quantitative estimate of drug-likeness (QED) is 0.694. The van der Waals surface area contributed by atoms with Gasteiger partial charge in [-0.25, -0.2) is 4.98 Å². The van der Waals surface area contributed by atoms with Gasteiger partial charge in [-0.15, -0.1) is 10.2 Å². The number of para-hydroxylation sites is 1. The average molecular weight is 392 g/mol. The summed E-state index contributed by atoms with van der Waals surface area (Å²) >= 11 is 0. The topological polar surface area (TPSA) is 85.2 Å². The number of benzene rings is 1. The summed E-state index contributed by atoms with van der Waals surface area (Å²) in [6.07, 6.45) is 6.24. The number of likely N-dealkylation sites (tertiary alicyclic amines) is 1. The lowest BCUT2D eigenvalue weighted by Gasteiger charge is -2.34. The minimum Gasteiger partial charge on any atom is -0.439 e. The van der Waals surface area contributed by atoms with Crippen molar-refractivity contribution < 1.29 is 9.53 Å². The van der Waals surface area contributed by atoms with E-state index in [-0.39, 0.29) is 11.9 Å². The zero-order chi connectivity index (χ0) is 20.1. The number of nitrogens with one attached hydrogen (secondary N) is 1. The molecule has 1 N–H and O–H groups in total. The predicted molar refractivity (Wildman–Crippen MR) is 108 cm³/mol. The second-order valence-electron chi connectivity index (χ2n) is 7.13. The summed E-state index contributed by atoms with van der Waals surface area (Å²) in [6, 6.07) is 12.8. The zero-order valence-electron chi connectivity index (χ0n) is 16.4. The third-order valence-corrected chi connectivity index (χ3v) is 5.04. The van der Waals surface area contributed by atoms with Crippen molar-refractivity contribution in [1.29, 1.82) is 0 Å². The lowest BCUT2D eigenvalue weighted by molar-refractivity contribution is -0.122. The molecule has 0 spiro atoms. The molecule has 0 aliphatic carbocycles. The highest BCUT2D eigenvalue weighted by atomic mass is 16.5. The monoisotopic (exact) mass is 392 g/mol. The van der Waals surface area contributed by atoms with Crippen LogP contribution in [0.2, 0.25) is 0 Å². The van der Waals surface area contributed by atoms with E-state index < -0.39 is 0 Å². The first-order chi connectivity index (χ1) is 14.2. The molecule has 0 radical (unpaired) electrons. The molecule has 29 heavy (non-hydrogen) atoms. The van der Waals surface area contributed by atoms with E-state index in [0.29, 0.717) is 18.1 Å². The lowest BCUT2D eigenvalue weighted by atomic mass is 10.0. The normalized spacial score (nSPS) is 17.1. The summed E-state index contributed by atoms with van der Waals surface area (Å²) in [5.74, 6) is 2.04. The highest BCUT2D eigenvalue weighted by Gasteiger charge is 2.29. The number of anilines is 1. The minimum absolute atomic E-state index is 0.0228. The van der Waals surface area contributed by atoms with Gasteiger partial charge in [0.2, 0.25) is 11.8 Å². The lowest BCUT2D eigenvalue weighted by Crippen LogP contribution is -2.46. The van der Waals surface area contributed by atoms with Crippen LogP contribution in [0.25, 0.3) is 0 Å². The fourth-order valence-corrected chi connectivity index (χ4v) is 3.46. The van der Waals surface area contributed by atoms with Gasteiger partial charge in [-0.2, -0.15) is 0 Å². The average Bonchev–Trinajstić information content (AvgIpc) is 3.15. The number of hydrogen-bond donors (Lipinski definition) is 1. The van der Waals surface area contributed by atoms with Crippen LogP contribution in [0.15, 0.2) is 55.0 Å². The van der Waals surface area contributed by atoms with Crippen LogP contribution in [-0.2, 0) is 18.4 Å². The number of rotatable bonds is 6. The second-order valence-corrected chi connectivity index (χ2v) is 7.13. The number of piperidine rings is 1. The fourth-order valence-electron chi connectivity index (χ4n) is 3.46. The van der Waals surface area contributed by atoms with Gasteiger partial charge in [-0.1, -0.05) is 24.6 Å². The molecule has 8 nitrogen and oxygen atoms in total. The van der Waals surface area contributed by atoms with Gasteiger partial charge in [0.1, 0.15) is 17.9 Å². The van der Waals surface area contributed by atoms with Crippen LogP contribution in [0, 0.1) is 0 Å². The van der Waals surface area contributed by atoms with Crippen molar-refractivity contribution in [2.45, 2.75) is 31.8 Å². The van der Waals surface area contributed by atoms with Crippen LogP contribution in [0.1, 0.15) is 25.1 Å². The largest absolute Gasteiger partial charge is 0.439 e. The van der Waals surface area contributed by atoms with Gasteiger partial charge in [0.25, 0.3) is 0 Å². The summed E-state index contributed by atoms with van der Waals surface area (Å²) in [4.78, 5) is 19.4. The van der Waals surface area contributed by atoms with Crippen molar-refractivity contribution >= 4 is 11.6 Å². The zero-order valence-corrected chi connectivity index (χ0v) is 16.4. The first-order valence-corrected chi connectivity index (χ1v) is 9.76. The summed E-state index contributed by atoms with van der Waals surface area (Å²) in [6.45, 7) is 1.48. The number of nitrogens with zero attached hydrogens (tertiary/aromatic N) is 5. The van der Waals surface area contributed by atoms with Crippen molar-refractivity contribution in [3.63, 3.8) is 0 Å². The molecule has 150 valence electrons. The Bertz CT molecular complexity index is 941. The Kier molecular flexibility index (Phi) is 5.81. The minimum atomic E-state index is -0.194. The number of pyridine rings is 1. The van der Waals surface area contributed by atoms with Crippen molar-refractivity contribution in [3.8, 4) is 11.6 Å². The van der Waals surface area contributed by atoms with Crippen LogP contribution in [0.3, 0.4) is 0 Å². The van der Waals surface area contributed by atoms with E-state index >= 15 is 0 Å². The first kappa shape index (κ1) is 19.1. The molecule has 1 atom stereocenters. The van der Waals surface area contributed by atoms with Crippen LogP contribution >= 0.6 is 0 Å². The van der Waals surface area contributed by atoms with E-state index in [0.717, 1.165) is 37.4 Å². The highest BCUT2D eigenvalue weighted by molar-refractivity contribution is 5.94. The predicted octanol–water partition coefficient (Wildman–Crippen LogP) is 3.00. The fraction of sp³-hybridized carbons (Fsp3) is 0.333. The van der Waals surface area contributed by atoms with Crippen LogP contribution < -0.4 is 10.1 Å². The third-order valence-electron chi connectivity index (χ3n) is 5.04. The number of carbonyl (C=O) groups is 1. The molecule has 1 aliphatic heterocycles. The second kappa shape index (κ2) is 8.83. The van der Waals surface area contributed by atoms with Crippen LogP contribution in [0.4, 0.5) is 5.69 Å². The maximum absolute atomic E-state index is 12.9. The van der Waals surface area contributed by atoms with Crippen molar-refractivity contribution in [1.82, 2.24) is 24.6 Å². The summed E-state index contributed by atoms with van der Waals surface area (Å²) in [5.41, 5.74) is 0.652. The van der Waals surface area contributed by atoms with E-state index in [9.17, 15) is 4.79 Å². The molecule has 0 unspecified atom stereocenters. The van der Waals surface area contributed by atoms with Crippen LogP contribution in [0.5, 0.6) is 11.6 Å². The van der Waals surface area contributed by atoms with Gasteiger partial charge < -0.3 is 14.6 Å². The summed E-state index contributed by atoms with van der Waals surface area (Å²) < 4.78 is 7.58. The standard InChI is InChI=1S/C21H24N6O2/c1-26-15-23-25-19(26)14-27-12-6-5-9-18(27)21(28)24-16-10-11-20(22-13-16)29-17-7-3-2-4-8-17/h2-4,7-8,10-11,13,15,18H,5-6,9,12,14H2,1H3,(H,24,28)/t18-/m1/s1. The molecule has 1 aromatic carbocycles. The molecule has 0 bridgehead atoms. The number of hydrogen-bond acceptors (Lipinski definition) is 6. The molecule has 1 amide bonds. The Morgan fingerprint density at radius 2 is 2.07 bits per heavy atom. The van der Waals surface area contributed by atoms with E-state index in [2.05, 4.69) is 25.4 Å². The smallest absolute Gasteiger partial charge is 0.241 e. The Morgan fingerprint density at radius 1 is 1.21 bits per heavy atom. The molecular weight excluding hydrogens is 368 g/mol. The summed E-state index contributed by atoms with van der Waals surface area (Å²) in [7, 11) is 1.92. The number of ether oxygens (including phenoxy) is 1. The SMILES string of the molecule is Cn1cnnc1CN1CCCC[C@@H]1C(=O)Nc1ccc(Oc2ccccc2)nc1. The third kappa shape index (κ3) is 4.78. The van der Waals surface area contributed by atoms with E-state index in [4.69, 9.17) is 4.74 Å². The first-order valence-electron chi connectivity index (χ1n) is 9.76. The Balaban J connectivity index is 1.38. The molecule has 3 aromatic rings. The van der Waals surface area contributed by atoms with Gasteiger partial charge in [0.15, 0.2) is 0 Å². The van der Waals surface area contributed by atoms with Gasteiger partial charge in [-0.3, -0.25) is 9.69 Å². The molecular formula is C21H24N6O2. The van der Waals surface area contributed by atoms with E-state index in [1.165, 1.54) is 0 Å². The highest BCUT2D eigenvalue weighted by Crippen LogP contribution is 2.22. The van der Waals surface area contributed by atoms with Gasteiger partial charge in [0, 0.05) is 13.1 Å². The molecule has 8 heteroatoms. The Hall–Kier alpha value is -3.26. The molecule has 0 saturated carbocycles.